The number of carbonyl (C=O) groups is 3. The lowest BCUT2D eigenvalue weighted by Crippen LogP contribution is -2.69. The minimum Gasteiger partial charge on any atom is -0.481 e. The average Bonchev–Trinajstić information content (AvgIpc) is 2.74. The van der Waals surface area contributed by atoms with Crippen LogP contribution in [0.1, 0.15) is 44.9 Å². The van der Waals surface area contributed by atoms with Crippen molar-refractivity contribution in [2.24, 2.45) is 17.8 Å². The first-order chi connectivity index (χ1) is 14.9. The van der Waals surface area contributed by atoms with E-state index in [1.54, 1.807) is 18.0 Å². The number of hydrogen-bond acceptors (Lipinski definition) is 6. The van der Waals surface area contributed by atoms with Gasteiger partial charge in [-0.1, -0.05) is 19.3 Å². The number of carboxylic acid groups (broad SMARTS) is 2. The third-order valence-corrected chi connectivity index (χ3v) is 11.4. The van der Waals surface area contributed by atoms with E-state index in [0.29, 0.717) is 11.8 Å². The van der Waals surface area contributed by atoms with E-state index >= 15 is 4.39 Å². The molecule has 1 saturated heterocycles. The largest absolute Gasteiger partial charge is 0.481 e. The Morgan fingerprint density at radius 2 is 1.94 bits per heavy atom. The molecule has 0 aromatic rings. The van der Waals surface area contributed by atoms with Crippen molar-refractivity contribution in [3.05, 3.63) is 11.8 Å². The molecule has 9 unspecified atom stereocenters. The molecule has 0 bridgehead atoms. The number of aliphatic carboxylic acids is 2. The third-order valence-electron chi connectivity index (χ3n) is 8.05. The topological polar surface area (TPSA) is 94.9 Å². The number of carbonyl (C=O) groups excluding carboxylic acids is 1. The van der Waals surface area contributed by atoms with Gasteiger partial charge >= 0.3 is 11.9 Å². The summed E-state index contributed by atoms with van der Waals surface area (Å²) in [6.07, 6.45) is 7.15. The van der Waals surface area contributed by atoms with Crippen LogP contribution in [0.3, 0.4) is 0 Å². The molecule has 0 spiro atoms. The average molecular weight is 470 g/mol. The van der Waals surface area contributed by atoms with E-state index in [9.17, 15) is 19.5 Å². The second-order valence-electron chi connectivity index (χ2n) is 9.59. The number of rotatable bonds is 4. The van der Waals surface area contributed by atoms with Crippen LogP contribution in [-0.2, 0) is 14.4 Å². The Morgan fingerprint density at radius 3 is 2.68 bits per heavy atom. The number of fused-ring (bicyclic) bond motifs is 4. The fraction of sp³-hybridized carbons (Fsp3) is 0.773. The van der Waals surface area contributed by atoms with Gasteiger partial charge < -0.3 is 15.1 Å². The maximum Gasteiger partial charge on any atom is 0.340 e. The molecule has 3 saturated carbocycles. The summed E-state index contributed by atoms with van der Waals surface area (Å²) in [6.45, 7) is 0. The normalized spacial score (nSPS) is 43.9. The Hall–Kier alpha value is -1.22. The van der Waals surface area contributed by atoms with Crippen LogP contribution in [0.15, 0.2) is 11.8 Å². The number of halogens is 1. The fourth-order valence-electron chi connectivity index (χ4n) is 6.89. The molecular formula is C22H28FNO5S2. The van der Waals surface area contributed by atoms with Crippen molar-refractivity contribution >= 4 is 41.2 Å². The Bertz CT molecular complexity index is 822. The van der Waals surface area contributed by atoms with E-state index < -0.39 is 35.1 Å². The van der Waals surface area contributed by atoms with Gasteiger partial charge in [-0.05, 0) is 37.5 Å². The molecule has 0 radical (unpaired) electrons. The fourth-order valence-corrected chi connectivity index (χ4v) is 10.3. The molecular weight excluding hydrogens is 441 g/mol. The van der Waals surface area contributed by atoms with Crippen molar-refractivity contribution < 1.29 is 29.0 Å². The molecule has 2 aliphatic heterocycles. The van der Waals surface area contributed by atoms with Gasteiger partial charge in [0.25, 0.3) is 0 Å². The number of alkyl halides is 1. The molecule has 9 atom stereocenters. The lowest BCUT2D eigenvalue weighted by Gasteiger charge is -2.62. The molecule has 170 valence electrons. The number of ketones is 1. The summed E-state index contributed by atoms with van der Waals surface area (Å²) in [5.41, 5.74) is -0.215. The van der Waals surface area contributed by atoms with Crippen LogP contribution in [0, 0.1) is 17.8 Å². The minimum atomic E-state index is -1.32. The molecule has 9 heteroatoms. The Labute approximate surface area is 189 Å². The van der Waals surface area contributed by atoms with Crippen molar-refractivity contribution in [3.8, 4) is 0 Å². The van der Waals surface area contributed by atoms with E-state index in [4.69, 9.17) is 5.11 Å². The van der Waals surface area contributed by atoms with E-state index in [-0.39, 0.29) is 40.3 Å². The molecule has 0 aromatic heterocycles. The predicted octanol–water partition coefficient (Wildman–Crippen LogP) is 3.21. The van der Waals surface area contributed by atoms with Crippen molar-refractivity contribution in [1.82, 2.24) is 4.90 Å². The van der Waals surface area contributed by atoms with Gasteiger partial charge in [-0.2, -0.15) is 0 Å². The van der Waals surface area contributed by atoms with E-state index in [1.165, 1.54) is 19.3 Å². The first-order valence-electron chi connectivity index (χ1n) is 11.3. The van der Waals surface area contributed by atoms with Crippen molar-refractivity contribution in [2.75, 3.05) is 5.75 Å². The number of Topliss-reactive ketones (excluding diaryl/α,β-unsaturated/α-hetero) is 1. The Balaban J connectivity index is 1.55. The maximum absolute atomic E-state index is 15.3. The summed E-state index contributed by atoms with van der Waals surface area (Å²) >= 11 is 2.90. The number of carboxylic acids is 2. The molecule has 3 aliphatic carbocycles. The maximum atomic E-state index is 15.3. The smallest absolute Gasteiger partial charge is 0.340 e. The highest BCUT2D eigenvalue weighted by atomic mass is 32.2. The molecule has 0 amide bonds. The minimum absolute atomic E-state index is 0.0234. The first-order valence-corrected chi connectivity index (χ1v) is 13.3. The van der Waals surface area contributed by atoms with Gasteiger partial charge in [0.05, 0.1) is 17.0 Å². The Kier molecular flexibility index (Phi) is 5.78. The summed E-state index contributed by atoms with van der Waals surface area (Å²) in [7, 11) is 0. The van der Waals surface area contributed by atoms with Crippen LogP contribution in [0.25, 0.3) is 0 Å². The second kappa shape index (κ2) is 8.28. The quantitative estimate of drug-likeness (QED) is 0.606. The first kappa shape index (κ1) is 21.6. The van der Waals surface area contributed by atoms with Crippen LogP contribution in [-0.4, -0.2) is 72.6 Å². The van der Waals surface area contributed by atoms with Gasteiger partial charge in [-0.25, -0.2) is 9.18 Å². The summed E-state index contributed by atoms with van der Waals surface area (Å²) in [4.78, 5) is 38.3. The summed E-state index contributed by atoms with van der Waals surface area (Å²) in [6, 6.07) is -0.0719. The number of nitrogens with zero attached hydrogens (tertiary/aromatic N) is 1. The summed E-state index contributed by atoms with van der Waals surface area (Å²) in [5.74, 6) is -2.38. The van der Waals surface area contributed by atoms with Gasteiger partial charge in [0.15, 0.2) is 5.78 Å². The van der Waals surface area contributed by atoms with E-state index in [1.807, 2.05) is 0 Å². The summed E-state index contributed by atoms with van der Waals surface area (Å²) in [5, 5.41) is 18.4. The van der Waals surface area contributed by atoms with Crippen LogP contribution >= 0.6 is 23.5 Å². The molecule has 5 rings (SSSR count). The molecule has 4 fully saturated rings. The zero-order valence-corrected chi connectivity index (χ0v) is 18.8. The third kappa shape index (κ3) is 3.59. The zero-order valence-electron chi connectivity index (χ0n) is 17.2. The highest BCUT2D eigenvalue weighted by molar-refractivity contribution is 8.04. The SMILES string of the molecule is O=C(O)CSC1C(F)CC2C(=O)C(C(=O)O)=CN3C4C(CCC5CCCCC54)SC1C23. The number of hydrogen-bond donors (Lipinski definition) is 2. The number of thioether (sulfide) groups is 2. The monoisotopic (exact) mass is 469 g/mol. The highest BCUT2D eigenvalue weighted by Crippen LogP contribution is 2.56. The van der Waals surface area contributed by atoms with Gasteiger partial charge in [-0.15, -0.1) is 23.5 Å². The Morgan fingerprint density at radius 1 is 1.16 bits per heavy atom. The van der Waals surface area contributed by atoms with Crippen LogP contribution < -0.4 is 0 Å². The second-order valence-corrected chi connectivity index (χ2v) is 12.2. The van der Waals surface area contributed by atoms with Crippen molar-refractivity contribution in [1.29, 1.82) is 0 Å². The molecule has 31 heavy (non-hydrogen) atoms. The molecule has 2 heterocycles. The van der Waals surface area contributed by atoms with Gasteiger partial charge in [0.2, 0.25) is 0 Å². The van der Waals surface area contributed by atoms with E-state index in [0.717, 1.165) is 31.0 Å². The van der Waals surface area contributed by atoms with Gasteiger partial charge in [0.1, 0.15) is 11.7 Å². The van der Waals surface area contributed by atoms with Gasteiger partial charge in [0, 0.05) is 28.7 Å². The van der Waals surface area contributed by atoms with Crippen molar-refractivity contribution in [3.63, 3.8) is 0 Å². The highest BCUT2D eigenvalue weighted by Gasteiger charge is 2.60. The molecule has 2 N–H and O–H groups in total. The summed E-state index contributed by atoms with van der Waals surface area (Å²) < 4.78 is 15.3. The lowest BCUT2D eigenvalue weighted by atomic mass is 9.66. The zero-order chi connectivity index (χ0) is 21.9. The predicted molar refractivity (Wildman–Crippen MR) is 117 cm³/mol. The lowest BCUT2D eigenvalue weighted by molar-refractivity contribution is -0.138. The van der Waals surface area contributed by atoms with Crippen LogP contribution in [0.4, 0.5) is 4.39 Å². The molecule has 6 nitrogen and oxygen atoms in total. The standard InChI is InChI=1S/C22H28FNO5S2/c23-14-7-12-18-21(20(14)30-9-16(25)26)31-15-6-5-10-3-1-2-4-11(10)17(15)24(18)8-13(19(12)27)22(28)29/h8,10-12,14-15,17-18,20-21H,1-7,9H2,(H,25,26)(H,28,29). The van der Waals surface area contributed by atoms with Crippen LogP contribution in [0.5, 0.6) is 0 Å². The van der Waals surface area contributed by atoms with Gasteiger partial charge in [-0.3, -0.25) is 9.59 Å². The molecule has 5 aliphatic rings. The van der Waals surface area contributed by atoms with Crippen molar-refractivity contribution in [2.45, 2.75) is 79.0 Å². The molecule has 0 aromatic carbocycles. The van der Waals surface area contributed by atoms with Crippen LogP contribution in [0.2, 0.25) is 0 Å². The van der Waals surface area contributed by atoms with E-state index in [2.05, 4.69) is 4.90 Å².